The van der Waals surface area contributed by atoms with Gasteiger partial charge in [0.25, 0.3) is 5.91 Å². The standard InChI is InChI=1S/C21H23FN4O/c1-13(2)26-20-16(11-23-26)10-18(14(3)24-20)21(27)25(17-8-9-17)12-15-6-4-5-7-19(15)22/h4-7,10-11,13,17H,8-9,12H2,1-3H3. The van der Waals surface area contributed by atoms with E-state index in [1.165, 1.54) is 6.07 Å². The molecule has 1 aromatic carbocycles. The molecule has 6 heteroatoms. The fraction of sp³-hybridized carbons (Fsp3) is 0.381. The summed E-state index contributed by atoms with van der Waals surface area (Å²) >= 11 is 0. The largest absolute Gasteiger partial charge is 0.331 e. The quantitative estimate of drug-likeness (QED) is 0.678. The minimum atomic E-state index is -0.278. The Balaban J connectivity index is 1.69. The predicted octanol–water partition coefficient (Wildman–Crippen LogP) is 4.26. The second kappa shape index (κ2) is 6.76. The van der Waals surface area contributed by atoms with Crippen molar-refractivity contribution in [1.82, 2.24) is 19.7 Å². The maximum absolute atomic E-state index is 14.1. The predicted molar refractivity (Wildman–Crippen MR) is 102 cm³/mol. The first-order valence-corrected chi connectivity index (χ1v) is 9.35. The number of rotatable bonds is 5. The molecule has 2 heterocycles. The molecule has 0 spiro atoms. The molecule has 1 aliphatic rings. The number of carbonyl (C=O) groups is 1. The molecule has 0 atom stereocenters. The molecular formula is C21H23FN4O. The lowest BCUT2D eigenvalue weighted by Crippen LogP contribution is -2.33. The van der Waals surface area contributed by atoms with Crippen LogP contribution in [-0.2, 0) is 6.54 Å². The third-order valence-corrected chi connectivity index (χ3v) is 5.03. The lowest BCUT2D eigenvalue weighted by atomic mass is 10.1. The minimum Gasteiger partial charge on any atom is -0.331 e. The minimum absolute atomic E-state index is 0.0926. The molecule has 1 amide bonds. The molecule has 3 aromatic rings. The van der Waals surface area contributed by atoms with Crippen molar-refractivity contribution in [2.24, 2.45) is 0 Å². The molecule has 0 N–H and O–H groups in total. The van der Waals surface area contributed by atoms with E-state index in [2.05, 4.69) is 10.1 Å². The van der Waals surface area contributed by atoms with Crippen molar-refractivity contribution >= 4 is 16.9 Å². The highest BCUT2D eigenvalue weighted by atomic mass is 19.1. The fourth-order valence-electron chi connectivity index (χ4n) is 3.38. The highest BCUT2D eigenvalue weighted by Crippen LogP contribution is 2.31. The number of pyridine rings is 1. The van der Waals surface area contributed by atoms with Crippen molar-refractivity contribution in [2.75, 3.05) is 0 Å². The van der Waals surface area contributed by atoms with Gasteiger partial charge in [0.15, 0.2) is 5.65 Å². The van der Waals surface area contributed by atoms with Crippen molar-refractivity contribution in [1.29, 1.82) is 0 Å². The van der Waals surface area contributed by atoms with Crippen LogP contribution < -0.4 is 0 Å². The van der Waals surface area contributed by atoms with Crippen LogP contribution in [0.15, 0.2) is 36.5 Å². The Morgan fingerprint density at radius 2 is 2.07 bits per heavy atom. The number of nitrogens with zero attached hydrogens (tertiary/aromatic N) is 4. The van der Waals surface area contributed by atoms with E-state index in [-0.39, 0.29) is 30.4 Å². The molecule has 0 aliphatic heterocycles. The topological polar surface area (TPSA) is 51.0 Å². The Labute approximate surface area is 157 Å². The first-order chi connectivity index (χ1) is 13.0. The van der Waals surface area contributed by atoms with Crippen molar-refractivity contribution in [2.45, 2.75) is 52.2 Å². The van der Waals surface area contributed by atoms with Gasteiger partial charge in [-0.05, 0) is 45.7 Å². The van der Waals surface area contributed by atoms with Gasteiger partial charge < -0.3 is 4.90 Å². The molecule has 140 valence electrons. The summed E-state index contributed by atoms with van der Waals surface area (Å²) in [7, 11) is 0. The highest BCUT2D eigenvalue weighted by molar-refractivity contribution is 5.98. The van der Waals surface area contributed by atoms with Crippen LogP contribution in [0.1, 0.15) is 54.3 Å². The van der Waals surface area contributed by atoms with E-state index in [0.717, 1.165) is 23.9 Å². The first-order valence-electron chi connectivity index (χ1n) is 9.35. The number of carbonyl (C=O) groups excluding carboxylic acids is 1. The van der Waals surface area contributed by atoms with Gasteiger partial charge in [-0.2, -0.15) is 5.10 Å². The van der Waals surface area contributed by atoms with E-state index in [4.69, 9.17) is 0 Å². The summed E-state index contributed by atoms with van der Waals surface area (Å²) in [6, 6.07) is 8.86. The van der Waals surface area contributed by atoms with Crippen molar-refractivity contribution in [3.8, 4) is 0 Å². The normalized spacial score (nSPS) is 14.1. The number of hydrogen-bond donors (Lipinski definition) is 0. The van der Waals surface area contributed by atoms with E-state index in [1.807, 2.05) is 31.5 Å². The Morgan fingerprint density at radius 3 is 2.74 bits per heavy atom. The zero-order chi connectivity index (χ0) is 19.1. The average Bonchev–Trinajstić information content (AvgIpc) is 3.39. The molecule has 5 nitrogen and oxygen atoms in total. The first kappa shape index (κ1) is 17.6. The SMILES string of the molecule is Cc1nc2c(cnn2C(C)C)cc1C(=O)N(Cc1ccccc1F)C1CC1. The van der Waals surface area contributed by atoms with Crippen LogP contribution in [0.4, 0.5) is 4.39 Å². The molecule has 0 unspecified atom stereocenters. The second-order valence-corrected chi connectivity index (χ2v) is 7.47. The van der Waals surface area contributed by atoms with E-state index in [9.17, 15) is 9.18 Å². The summed E-state index contributed by atoms with van der Waals surface area (Å²) in [5.74, 6) is -0.371. The number of halogens is 1. The number of aryl methyl sites for hydroxylation is 1. The molecule has 0 saturated heterocycles. The van der Waals surface area contributed by atoms with Gasteiger partial charge in [-0.1, -0.05) is 18.2 Å². The average molecular weight is 366 g/mol. The van der Waals surface area contributed by atoms with E-state index < -0.39 is 0 Å². The van der Waals surface area contributed by atoms with E-state index in [0.29, 0.717) is 16.8 Å². The van der Waals surface area contributed by atoms with Gasteiger partial charge in [0.2, 0.25) is 0 Å². The molecule has 1 aliphatic carbocycles. The molecule has 1 saturated carbocycles. The molecule has 27 heavy (non-hydrogen) atoms. The lowest BCUT2D eigenvalue weighted by molar-refractivity contribution is 0.0727. The summed E-state index contributed by atoms with van der Waals surface area (Å²) in [6.45, 7) is 6.22. The lowest BCUT2D eigenvalue weighted by Gasteiger charge is -2.23. The van der Waals surface area contributed by atoms with E-state index >= 15 is 0 Å². The number of aromatic nitrogens is 3. The number of benzene rings is 1. The molecule has 4 rings (SSSR count). The van der Waals surface area contributed by atoms with Crippen molar-refractivity contribution in [3.63, 3.8) is 0 Å². The molecular weight excluding hydrogens is 343 g/mol. The summed E-state index contributed by atoms with van der Waals surface area (Å²) in [5, 5.41) is 5.23. The Kier molecular flexibility index (Phi) is 4.42. The Morgan fingerprint density at radius 1 is 1.33 bits per heavy atom. The third kappa shape index (κ3) is 3.31. The monoisotopic (exact) mass is 366 g/mol. The molecule has 0 bridgehead atoms. The van der Waals surface area contributed by atoms with Crippen LogP contribution in [0, 0.1) is 12.7 Å². The van der Waals surface area contributed by atoms with Crippen LogP contribution in [0.2, 0.25) is 0 Å². The summed E-state index contributed by atoms with van der Waals surface area (Å²) < 4.78 is 16.0. The maximum atomic E-state index is 14.1. The summed E-state index contributed by atoms with van der Waals surface area (Å²) in [5.41, 5.74) is 2.56. The fourth-order valence-corrected chi connectivity index (χ4v) is 3.38. The van der Waals surface area contributed by atoms with Gasteiger partial charge in [0.1, 0.15) is 5.82 Å². The van der Waals surface area contributed by atoms with Crippen LogP contribution in [0.3, 0.4) is 0 Å². The summed E-state index contributed by atoms with van der Waals surface area (Å²) in [4.78, 5) is 19.7. The van der Waals surface area contributed by atoms with Gasteiger partial charge >= 0.3 is 0 Å². The smallest absolute Gasteiger partial charge is 0.256 e. The maximum Gasteiger partial charge on any atom is 0.256 e. The number of hydrogen-bond acceptors (Lipinski definition) is 3. The number of fused-ring (bicyclic) bond motifs is 1. The second-order valence-electron chi connectivity index (χ2n) is 7.47. The van der Waals surface area contributed by atoms with Crippen LogP contribution in [0.5, 0.6) is 0 Å². The van der Waals surface area contributed by atoms with Crippen LogP contribution in [0.25, 0.3) is 11.0 Å². The zero-order valence-electron chi connectivity index (χ0n) is 15.8. The third-order valence-electron chi connectivity index (χ3n) is 5.03. The number of amides is 1. The van der Waals surface area contributed by atoms with Gasteiger partial charge in [0, 0.05) is 29.6 Å². The summed E-state index contributed by atoms with van der Waals surface area (Å²) in [6.07, 6.45) is 3.66. The highest BCUT2D eigenvalue weighted by Gasteiger charge is 2.34. The Bertz CT molecular complexity index is 1010. The van der Waals surface area contributed by atoms with Crippen LogP contribution in [-0.4, -0.2) is 31.6 Å². The molecule has 1 fully saturated rings. The van der Waals surface area contributed by atoms with E-state index in [1.54, 1.807) is 29.3 Å². The van der Waals surface area contributed by atoms with Gasteiger partial charge in [-0.3, -0.25) is 4.79 Å². The van der Waals surface area contributed by atoms with Crippen molar-refractivity contribution in [3.05, 3.63) is 59.2 Å². The van der Waals surface area contributed by atoms with Gasteiger partial charge in [-0.15, -0.1) is 0 Å². The molecule has 0 radical (unpaired) electrons. The Hall–Kier alpha value is -2.76. The zero-order valence-corrected chi connectivity index (χ0v) is 15.8. The molecule has 2 aromatic heterocycles. The van der Waals surface area contributed by atoms with Gasteiger partial charge in [-0.25, -0.2) is 14.1 Å². The van der Waals surface area contributed by atoms with Crippen LogP contribution >= 0.6 is 0 Å². The van der Waals surface area contributed by atoms with Gasteiger partial charge in [0.05, 0.1) is 17.5 Å². The van der Waals surface area contributed by atoms with Crippen molar-refractivity contribution < 1.29 is 9.18 Å².